The Kier molecular flexibility index (Phi) is 4.88. The van der Waals surface area contributed by atoms with Crippen molar-refractivity contribution < 1.29 is 12.9 Å². The molecule has 0 fully saturated rings. The second kappa shape index (κ2) is 6.99. The minimum Gasteiger partial charge on any atom is -0.338 e. The Hall–Kier alpha value is -2.94. The van der Waals surface area contributed by atoms with Crippen LogP contribution in [0.1, 0.15) is 16.8 Å². The molecule has 27 heavy (non-hydrogen) atoms. The average molecular weight is 387 g/mol. The Balaban J connectivity index is 1.91. The van der Waals surface area contributed by atoms with Gasteiger partial charge in [0.1, 0.15) is 5.82 Å². The van der Waals surface area contributed by atoms with E-state index in [9.17, 15) is 8.42 Å². The number of nitrogens with one attached hydrogen (secondary N) is 1. The van der Waals surface area contributed by atoms with Crippen LogP contribution in [0.3, 0.4) is 0 Å². The molecule has 1 aromatic carbocycles. The lowest BCUT2D eigenvalue weighted by Gasteiger charge is -2.16. The molecule has 2 aromatic heterocycles. The number of aromatic nitrogens is 3. The van der Waals surface area contributed by atoms with Crippen molar-refractivity contribution in [3.63, 3.8) is 0 Å². The standard InChI is InChI=1S/C18H21N5O3S/c1-11-8-14(10-15(9-11)27(5,24)25)20-18-19-7-6-16(21-18)23(4)17-12(2)13(3)22-26-17/h6-10H,1-5H3,(H,19,20,21). The molecule has 2 heterocycles. The molecule has 0 atom stereocenters. The highest BCUT2D eigenvalue weighted by Gasteiger charge is 2.16. The molecule has 1 N–H and O–H groups in total. The molecule has 0 aliphatic heterocycles. The van der Waals surface area contributed by atoms with Crippen molar-refractivity contribution in [2.45, 2.75) is 25.7 Å². The Morgan fingerprint density at radius 2 is 1.89 bits per heavy atom. The average Bonchev–Trinajstić information content (AvgIpc) is 2.92. The maximum absolute atomic E-state index is 11.8. The van der Waals surface area contributed by atoms with Gasteiger partial charge in [0.05, 0.1) is 10.6 Å². The van der Waals surface area contributed by atoms with Crippen LogP contribution in [0.5, 0.6) is 0 Å². The third-order valence-electron chi connectivity index (χ3n) is 4.16. The van der Waals surface area contributed by atoms with Gasteiger partial charge in [-0.15, -0.1) is 0 Å². The molecule has 0 unspecified atom stereocenters. The van der Waals surface area contributed by atoms with Crippen LogP contribution in [-0.2, 0) is 9.84 Å². The number of aryl methyl sites for hydroxylation is 2. The molecule has 0 bridgehead atoms. The third-order valence-corrected chi connectivity index (χ3v) is 5.25. The van der Waals surface area contributed by atoms with Gasteiger partial charge < -0.3 is 9.84 Å². The van der Waals surface area contributed by atoms with E-state index < -0.39 is 9.84 Å². The van der Waals surface area contributed by atoms with E-state index in [1.54, 1.807) is 29.3 Å². The van der Waals surface area contributed by atoms with Gasteiger partial charge >= 0.3 is 0 Å². The summed E-state index contributed by atoms with van der Waals surface area (Å²) >= 11 is 0. The largest absolute Gasteiger partial charge is 0.338 e. The minimum atomic E-state index is -3.31. The number of sulfone groups is 1. The fraction of sp³-hybridized carbons (Fsp3) is 0.278. The first kappa shape index (κ1) is 18.8. The quantitative estimate of drug-likeness (QED) is 0.711. The fourth-order valence-electron chi connectivity index (χ4n) is 2.58. The number of nitrogens with zero attached hydrogens (tertiary/aromatic N) is 4. The molecule has 0 aliphatic rings. The van der Waals surface area contributed by atoms with E-state index in [2.05, 4.69) is 20.4 Å². The van der Waals surface area contributed by atoms with Gasteiger partial charge in [-0.2, -0.15) is 4.98 Å². The number of rotatable bonds is 5. The summed E-state index contributed by atoms with van der Waals surface area (Å²) < 4.78 is 29.1. The molecule has 0 saturated carbocycles. The van der Waals surface area contributed by atoms with Crippen molar-refractivity contribution in [3.8, 4) is 0 Å². The molecule has 0 radical (unpaired) electrons. The molecule has 3 rings (SSSR count). The van der Waals surface area contributed by atoms with Gasteiger partial charge in [-0.1, -0.05) is 5.16 Å². The molecule has 0 spiro atoms. The zero-order chi connectivity index (χ0) is 19.8. The van der Waals surface area contributed by atoms with Crippen LogP contribution in [-0.4, -0.2) is 36.8 Å². The van der Waals surface area contributed by atoms with Gasteiger partial charge in [0, 0.05) is 30.8 Å². The summed E-state index contributed by atoms with van der Waals surface area (Å²) in [6.45, 7) is 5.64. The van der Waals surface area contributed by atoms with E-state index >= 15 is 0 Å². The first-order chi connectivity index (χ1) is 12.6. The van der Waals surface area contributed by atoms with E-state index in [1.165, 1.54) is 6.26 Å². The van der Waals surface area contributed by atoms with Gasteiger partial charge in [-0.3, -0.25) is 4.90 Å². The maximum atomic E-state index is 11.8. The van der Waals surface area contributed by atoms with Crippen LogP contribution < -0.4 is 10.2 Å². The lowest BCUT2D eigenvalue weighted by Crippen LogP contribution is -2.12. The predicted octanol–water partition coefficient (Wildman–Crippen LogP) is 3.30. The van der Waals surface area contributed by atoms with Gasteiger partial charge in [0.25, 0.3) is 0 Å². The monoisotopic (exact) mass is 387 g/mol. The van der Waals surface area contributed by atoms with E-state index in [0.717, 1.165) is 16.8 Å². The number of benzene rings is 1. The Labute approximate surface area is 158 Å². The summed E-state index contributed by atoms with van der Waals surface area (Å²) in [4.78, 5) is 10.7. The summed E-state index contributed by atoms with van der Waals surface area (Å²) in [6, 6.07) is 6.77. The van der Waals surface area contributed by atoms with E-state index in [-0.39, 0.29) is 4.90 Å². The zero-order valence-electron chi connectivity index (χ0n) is 15.8. The van der Waals surface area contributed by atoms with Crippen LogP contribution >= 0.6 is 0 Å². The molecule has 142 valence electrons. The van der Waals surface area contributed by atoms with Crippen molar-refractivity contribution in [2.75, 3.05) is 23.5 Å². The molecular weight excluding hydrogens is 366 g/mol. The highest BCUT2D eigenvalue weighted by molar-refractivity contribution is 7.90. The van der Waals surface area contributed by atoms with Crippen molar-refractivity contribution >= 4 is 33.2 Å². The van der Waals surface area contributed by atoms with Gasteiger partial charge in [0.15, 0.2) is 9.84 Å². The van der Waals surface area contributed by atoms with Crippen LogP contribution in [0.4, 0.5) is 23.3 Å². The molecule has 0 aliphatic carbocycles. The van der Waals surface area contributed by atoms with Crippen molar-refractivity contribution in [1.82, 2.24) is 15.1 Å². The first-order valence-corrected chi connectivity index (χ1v) is 10.1. The summed E-state index contributed by atoms with van der Waals surface area (Å²) in [6.07, 6.45) is 2.80. The van der Waals surface area contributed by atoms with Gasteiger partial charge in [-0.25, -0.2) is 13.4 Å². The van der Waals surface area contributed by atoms with Crippen molar-refractivity contribution in [2.24, 2.45) is 0 Å². The molecule has 0 amide bonds. The lowest BCUT2D eigenvalue weighted by molar-refractivity contribution is 0.420. The molecule has 0 saturated heterocycles. The molecule has 8 nitrogen and oxygen atoms in total. The van der Waals surface area contributed by atoms with E-state index in [0.29, 0.717) is 23.3 Å². The number of hydrogen-bond donors (Lipinski definition) is 1. The van der Waals surface area contributed by atoms with Gasteiger partial charge in [0.2, 0.25) is 11.8 Å². The number of anilines is 4. The second-order valence-electron chi connectivity index (χ2n) is 6.43. The topological polar surface area (TPSA) is 101 Å². The minimum absolute atomic E-state index is 0.242. The summed E-state index contributed by atoms with van der Waals surface area (Å²) in [5, 5.41) is 7.03. The van der Waals surface area contributed by atoms with Crippen LogP contribution in [0, 0.1) is 20.8 Å². The number of hydrogen-bond acceptors (Lipinski definition) is 8. The van der Waals surface area contributed by atoms with E-state index in [4.69, 9.17) is 4.52 Å². The summed E-state index contributed by atoms with van der Waals surface area (Å²) in [5.74, 6) is 1.56. The smallest absolute Gasteiger partial charge is 0.235 e. The van der Waals surface area contributed by atoms with Crippen LogP contribution in [0.15, 0.2) is 39.9 Å². The maximum Gasteiger partial charge on any atom is 0.235 e. The molecular formula is C18H21N5O3S. The van der Waals surface area contributed by atoms with Crippen molar-refractivity contribution in [1.29, 1.82) is 0 Å². The van der Waals surface area contributed by atoms with Crippen molar-refractivity contribution in [3.05, 3.63) is 47.3 Å². The Morgan fingerprint density at radius 1 is 1.15 bits per heavy atom. The highest BCUT2D eigenvalue weighted by Crippen LogP contribution is 2.28. The molecule has 3 aromatic rings. The third kappa shape index (κ3) is 4.08. The zero-order valence-corrected chi connectivity index (χ0v) is 16.6. The molecule has 9 heteroatoms. The summed E-state index contributed by atoms with van der Waals surface area (Å²) in [7, 11) is -1.48. The Morgan fingerprint density at radius 3 is 2.52 bits per heavy atom. The summed E-state index contributed by atoms with van der Waals surface area (Å²) in [5.41, 5.74) is 3.17. The Bertz CT molecular complexity index is 1090. The lowest BCUT2D eigenvalue weighted by atomic mass is 10.2. The normalized spacial score (nSPS) is 11.4. The van der Waals surface area contributed by atoms with Gasteiger partial charge in [-0.05, 0) is 50.6 Å². The predicted molar refractivity (Wildman–Crippen MR) is 104 cm³/mol. The SMILES string of the molecule is Cc1cc(Nc2nccc(N(C)c3onc(C)c3C)n2)cc(S(C)(=O)=O)c1. The first-order valence-electron chi connectivity index (χ1n) is 8.23. The second-order valence-corrected chi connectivity index (χ2v) is 8.44. The highest BCUT2D eigenvalue weighted by atomic mass is 32.2. The van der Waals surface area contributed by atoms with E-state index in [1.807, 2.05) is 33.9 Å². The fourth-order valence-corrected chi connectivity index (χ4v) is 3.32. The van der Waals surface area contributed by atoms with Crippen LogP contribution in [0.25, 0.3) is 0 Å². The van der Waals surface area contributed by atoms with Crippen LogP contribution in [0.2, 0.25) is 0 Å².